The number of phosphoric ester groups is 1. The third-order valence-corrected chi connectivity index (χ3v) is 21.1. The third-order valence-electron chi connectivity index (χ3n) is 20.1. The fourth-order valence-corrected chi connectivity index (χ4v) is 13.6. The van der Waals surface area contributed by atoms with Crippen molar-refractivity contribution in [3.05, 3.63) is 0 Å². The first kappa shape index (κ1) is 102. The molecule has 112 heavy (non-hydrogen) atoms. The van der Waals surface area contributed by atoms with Gasteiger partial charge in [-0.2, -0.15) is 0 Å². The second-order valence-electron chi connectivity index (χ2n) is 29.7. The Hall–Kier alpha value is -4.54. The van der Waals surface area contributed by atoms with Crippen molar-refractivity contribution in [3.63, 3.8) is 0 Å². The number of nitrogens with one attached hydrogen (secondary N) is 5. The largest absolute Gasteiger partial charge is 0.471 e. The van der Waals surface area contributed by atoms with Gasteiger partial charge in [-0.1, -0.05) is 39.5 Å². The number of hydrogen-bond acceptors (Lipinski definition) is 29. The predicted octanol–water partition coefficient (Wildman–Crippen LogP) is 1.79. The topological polar surface area (TPSA) is 525 Å². The Morgan fingerprint density at radius 1 is 0.420 bits per heavy atom. The van der Waals surface area contributed by atoms with Crippen LogP contribution in [0.5, 0.6) is 0 Å². The third kappa shape index (κ3) is 43.1. The number of ketones is 4. The summed E-state index contributed by atoms with van der Waals surface area (Å²) in [6, 6.07) is -1.09. The quantitative estimate of drug-likeness (QED) is 0.0305. The Kier molecular flexibility index (Phi) is 53.7. The van der Waals surface area contributed by atoms with Gasteiger partial charge in [-0.15, -0.1) is 0 Å². The van der Waals surface area contributed by atoms with E-state index in [2.05, 4.69) is 31.1 Å². The molecule has 0 radical (unpaired) electrons. The number of carbonyl (C=O) groups excluding carboxylic acids is 9. The normalized spacial score (nSPS) is 25.0. The summed E-state index contributed by atoms with van der Waals surface area (Å²) in [6.07, 6.45) is 0.372. The second-order valence-corrected chi connectivity index (χ2v) is 31.3. The van der Waals surface area contributed by atoms with Crippen LogP contribution in [0.4, 0.5) is 0 Å². The maximum Gasteiger partial charge on any atom is 0.471 e. The monoisotopic (exact) mass is 1630 g/mol. The molecule has 1 saturated carbocycles. The van der Waals surface area contributed by atoms with Gasteiger partial charge >= 0.3 is 7.82 Å². The Morgan fingerprint density at radius 3 is 1.33 bits per heavy atom. The summed E-state index contributed by atoms with van der Waals surface area (Å²) in [5.41, 5.74) is -1.44. The van der Waals surface area contributed by atoms with E-state index in [0.717, 1.165) is 7.11 Å². The van der Waals surface area contributed by atoms with Crippen LogP contribution in [0.25, 0.3) is 0 Å². The summed E-state index contributed by atoms with van der Waals surface area (Å²) < 4.78 is 67.7. The van der Waals surface area contributed by atoms with E-state index in [1.807, 2.05) is 0 Å². The van der Waals surface area contributed by atoms with E-state index in [1.54, 1.807) is 13.8 Å². The van der Waals surface area contributed by atoms with Crippen molar-refractivity contribution < 1.29 is 146 Å². The minimum atomic E-state index is -4.06. The van der Waals surface area contributed by atoms with Gasteiger partial charge in [0.1, 0.15) is 65.2 Å². The number of aliphatic hydroxyl groups excluding tert-OH is 9. The summed E-state index contributed by atoms with van der Waals surface area (Å²) >= 11 is 0. The van der Waals surface area contributed by atoms with E-state index < -0.39 is 118 Å². The molecule has 8 unspecified atom stereocenters. The van der Waals surface area contributed by atoms with Crippen molar-refractivity contribution >= 4 is 60.5 Å². The molecule has 36 heteroatoms. The van der Waals surface area contributed by atoms with Crippen LogP contribution in [0.15, 0.2) is 0 Å². The number of ether oxygens (including phenoxy) is 8. The maximum absolute atomic E-state index is 13.9. The number of carbonyl (C=O) groups is 9. The predicted molar refractivity (Wildman–Crippen MR) is 404 cm³/mol. The molecule has 5 amide bonds. The van der Waals surface area contributed by atoms with Gasteiger partial charge < -0.3 is 115 Å². The average molecular weight is 1630 g/mol. The summed E-state index contributed by atoms with van der Waals surface area (Å²) in [4.78, 5) is 125. The van der Waals surface area contributed by atoms with Crippen LogP contribution >= 0.6 is 7.82 Å². The van der Waals surface area contributed by atoms with Gasteiger partial charge in [0.05, 0.1) is 83.9 Å². The second kappa shape index (κ2) is 59.2. The minimum Gasteiger partial charge on any atom is -0.396 e. The number of hydrogen-bond donors (Lipinski definition) is 15. The summed E-state index contributed by atoms with van der Waals surface area (Å²) in [6.45, 7) is 3.96. The molecule has 2 heterocycles. The van der Waals surface area contributed by atoms with Crippen LogP contribution < -0.4 is 26.6 Å². The first-order valence-electron chi connectivity index (χ1n) is 40.4. The molecule has 0 spiro atoms. The summed E-state index contributed by atoms with van der Waals surface area (Å²) in [5.74, 6) is -3.20. The zero-order chi connectivity index (χ0) is 82.7. The molecule has 17 atom stereocenters. The number of unbranched alkanes of at least 4 members (excludes halogenated alkanes) is 10. The molecule has 0 bridgehead atoms. The number of amides is 5. The molecule has 0 aromatic rings. The first-order valence-corrected chi connectivity index (χ1v) is 41.9. The Morgan fingerprint density at radius 2 is 0.821 bits per heavy atom. The highest BCUT2D eigenvalue weighted by Gasteiger charge is 2.46. The zero-order valence-corrected chi connectivity index (χ0v) is 67.4. The molecule has 3 aliphatic rings. The van der Waals surface area contributed by atoms with Crippen LogP contribution in [-0.4, -0.2) is 295 Å². The van der Waals surface area contributed by atoms with E-state index in [9.17, 15) is 98.6 Å². The van der Waals surface area contributed by atoms with Crippen LogP contribution in [0, 0.1) is 17.8 Å². The Bertz CT molecular complexity index is 2640. The minimum absolute atomic E-state index is 0.0122. The molecule has 35 nitrogen and oxygen atoms in total. The fraction of sp³-hybridized carbons (Fsp3) is 0.882. The van der Waals surface area contributed by atoms with Gasteiger partial charge in [0.2, 0.25) is 29.5 Å². The van der Waals surface area contributed by atoms with Crippen LogP contribution in [0.3, 0.4) is 0 Å². The lowest BCUT2D eigenvalue weighted by atomic mass is 9.77. The van der Waals surface area contributed by atoms with E-state index in [0.29, 0.717) is 154 Å². The van der Waals surface area contributed by atoms with Crippen molar-refractivity contribution in [2.45, 2.75) is 299 Å². The molecular weight excluding hydrogens is 1490 g/mol. The van der Waals surface area contributed by atoms with E-state index >= 15 is 0 Å². The van der Waals surface area contributed by atoms with E-state index in [-0.39, 0.29) is 190 Å². The SMILES string of the molecule is COP(=O)(O)OCCCCCCNC(=O)CCCC(=O)NC(COCCC(=O)CCCCCC(=O)CCCCO[C@@H]1OC(CO)[C@H](O)[C@H](O)C1C)(COCCC(=O)CCCCCC(=O)CCCCO[C@@H]1CC(CO)[C@H](O)[C@H](O)C1C)COCCC(=O)NCCCNC(=O)CCCCO[C@@H]1OC(CO)[C@H](O)[C@H](O)C1NC(C)=O. The average Bonchev–Trinajstić information content (AvgIpc) is 0.807. The fourth-order valence-electron chi connectivity index (χ4n) is 13.1. The lowest BCUT2D eigenvalue weighted by Crippen LogP contribution is -2.64. The van der Waals surface area contributed by atoms with Crippen molar-refractivity contribution in [1.29, 1.82) is 0 Å². The molecule has 2 saturated heterocycles. The number of Topliss-reactive ketones (excluding diaryl/α,β-unsaturated/α-hetero) is 4. The molecule has 1 aliphatic carbocycles. The van der Waals surface area contributed by atoms with Crippen molar-refractivity contribution in [2.24, 2.45) is 17.8 Å². The molecule has 3 fully saturated rings. The standard InChI is InChI=1S/C76H136N5O30P/c1-52-60(45-55(46-82)70(96)68(52)94)106-38-18-13-27-56(86)23-9-7-11-25-58(88)32-42-103-49-76(81-66(93)31-21-30-64(91)77-35-16-5-6-17-41-109-112(100,101)102-4,50-104-43-33-59(89)26-12-8-10-24-57(87)28-14-19-39-107-74-53(2)69(95)71(97)61(47-83)110-74)51-105-44-34-65(92)79-37-22-36-78-63(90)29-15-20-40-108-75-67(80-54(3)85)73(99)72(98)62(48-84)111-75/h52-53,55,60-62,67-75,82-84,94-99H,5-51H2,1-4H3,(H,77,91)(H,78,90)(H,79,92)(H,80,85)(H,81,93)(H,100,101)/t52?,53?,55?,60-,61?,62?,67?,68-,69-,70+,71+,72+,73-,74-,75-,76?/m1/s1. The summed E-state index contributed by atoms with van der Waals surface area (Å²) in [5, 5.41) is 104. The van der Waals surface area contributed by atoms with Crippen molar-refractivity contribution in [1.82, 2.24) is 26.6 Å². The van der Waals surface area contributed by atoms with Crippen molar-refractivity contribution in [3.8, 4) is 0 Å². The van der Waals surface area contributed by atoms with Gasteiger partial charge in [-0.25, -0.2) is 4.57 Å². The number of phosphoric acid groups is 1. The highest BCUT2D eigenvalue weighted by molar-refractivity contribution is 7.47. The van der Waals surface area contributed by atoms with Gasteiger partial charge in [-0.3, -0.25) is 52.2 Å². The Labute approximate surface area is 659 Å². The van der Waals surface area contributed by atoms with Crippen LogP contribution in [-0.2, 0) is 94.7 Å². The molecular formula is C76H136N5O30P. The smallest absolute Gasteiger partial charge is 0.396 e. The van der Waals surface area contributed by atoms with Gasteiger partial charge in [0.15, 0.2) is 12.6 Å². The number of rotatable bonds is 67. The van der Waals surface area contributed by atoms with Crippen LogP contribution in [0.1, 0.15) is 220 Å². The lowest BCUT2D eigenvalue weighted by Gasteiger charge is -2.42. The number of aliphatic hydroxyl groups is 9. The maximum atomic E-state index is 13.9. The Balaban J connectivity index is 1.56. The van der Waals surface area contributed by atoms with E-state index in [4.69, 9.17) is 42.4 Å². The molecule has 2 aliphatic heterocycles. The van der Waals surface area contributed by atoms with Gasteiger partial charge in [-0.05, 0) is 96.3 Å². The molecule has 650 valence electrons. The van der Waals surface area contributed by atoms with Crippen LogP contribution in [0.2, 0.25) is 0 Å². The zero-order valence-electron chi connectivity index (χ0n) is 66.5. The molecule has 0 aromatic carbocycles. The first-order chi connectivity index (χ1) is 53.6. The van der Waals surface area contributed by atoms with Gasteiger partial charge in [0, 0.05) is 155 Å². The van der Waals surface area contributed by atoms with Gasteiger partial charge in [0.25, 0.3) is 0 Å². The molecule has 0 aromatic heterocycles. The lowest BCUT2D eigenvalue weighted by molar-refractivity contribution is -0.282. The summed E-state index contributed by atoms with van der Waals surface area (Å²) in [7, 11) is -2.99. The highest BCUT2D eigenvalue weighted by atomic mass is 31.2. The molecule has 3 rings (SSSR count). The van der Waals surface area contributed by atoms with Crippen molar-refractivity contribution in [2.75, 3.05) is 113 Å². The molecule has 15 N–H and O–H groups in total. The highest BCUT2D eigenvalue weighted by Crippen LogP contribution is 2.42. The van der Waals surface area contributed by atoms with E-state index in [1.165, 1.54) is 6.92 Å².